The molecule has 7 nitrogen and oxygen atoms in total. The molecule has 164 valence electrons. The van der Waals surface area contributed by atoms with E-state index in [2.05, 4.69) is 46.2 Å². The van der Waals surface area contributed by atoms with Gasteiger partial charge < -0.3 is 14.4 Å². The molecule has 1 unspecified atom stereocenters. The largest absolute Gasteiger partial charge is 0.497 e. The molecule has 0 radical (unpaired) electrons. The lowest BCUT2D eigenvalue weighted by atomic mass is 9.91. The Balaban J connectivity index is 1.78. The number of para-hydroxylation sites is 1. The van der Waals surface area contributed by atoms with Crippen molar-refractivity contribution in [3.63, 3.8) is 0 Å². The molecule has 8 heteroatoms. The van der Waals surface area contributed by atoms with Crippen LogP contribution >= 0.6 is 15.9 Å². The standard InChI is InChI=1S/C23H27BrN4O3/c1-15-10-11-19(18(4)31-22(24)16(2)17(3)30-5)14-27(15)23(29)20-8-6-7-9-21(20)28-25-12-13-26-28/h6-9,12-13,15,19H,3-4,10-11,14H2,1-2,5H3/b22-16+/t15-,19?/m1/s1. The Bertz CT molecular complexity index is 1000. The number of rotatable bonds is 7. The molecule has 2 heterocycles. The van der Waals surface area contributed by atoms with Gasteiger partial charge in [-0.15, -0.1) is 0 Å². The average molecular weight is 487 g/mol. The lowest BCUT2D eigenvalue weighted by Crippen LogP contribution is -2.46. The molecule has 2 atom stereocenters. The smallest absolute Gasteiger partial charge is 0.256 e. The summed E-state index contributed by atoms with van der Waals surface area (Å²) < 4.78 is 11.6. The van der Waals surface area contributed by atoms with Crippen LogP contribution in [-0.2, 0) is 9.47 Å². The molecule has 1 aromatic heterocycles. The molecule has 31 heavy (non-hydrogen) atoms. The van der Waals surface area contributed by atoms with Crippen molar-refractivity contribution in [2.24, 2.45) is 5.92 Å². The van der Waals surface area contributed by atoms with E-state index in [1.54, 1.807) is 19.5 Å². The maximum absolute atomic E-state index is 13.5. The highest BCUT2D eigenvalue weighted by atomic mass is 79.9. The molecule has 1 amide bonds. The van der Waals surface area contributed by atoms with Gasteiger partial charge in [0.1, 0.15) is 11.5 Å². The summed E-state index contributed by atoms with van der Waals surface area (Å²) in [4.78, 5) is 16.8. The lowest BCUT2D eigenvalue weighted by molar-refractivity contribution is 0.0549. The second kappa shape index (κ2) is 9.96. The normalized spacial score (nSPS) is 19.4. The number of hydrogen-bond donors (Lipinski definition) is 0. The average Bonchev–Trinajstić information content (AvgIpc) is 3.32. The number of carbonyl (C=O) groups is 1. The summed E-state index contributed by atoms with van der Waals surface area (Å²) in [5.41, 5.74) is 1.97. The molecule has 0 aliphatic carbocycles. The van der Waals surface area contributed by atoms with Gasteiger partial charge in [-0.2, -0.15) is 15.0 Å². The quantitative estimate of drug-likeness (QED) is 0.414. The van der Waals surface area contributed by atoms with Gasteiger partial charge in [0.25, 0.3) is 5.91 Å². The molecule has 1 aliphatic rings. The summed E-state index contributed by atoms with van der Waals surface area (Å²) in [7, 11) is 1.56. The first kappa shape index (κ1) is 22.8. The molecule has 0 N–H and O–H groups in total. The molecule has 1 saturated heterocycles. The number of halogens is 1. The van der Waals surface area contributed by atoms with E-state index in [0.717, 1.165) is 18.4 Å². The molecular weight excluding hydrogens is 460 g/mol. The first-order valence-electron chi connectivity index (χ1n) is 10.1. The van der Waals surface area contributed by atoms with Crippen LogP contribution in [0, 0.1) is 5.92 Å². The summed E-state index contributed by atoms with van der Waals surface area (Å²) in [5, 5.41) is 8.36. The summed E-state index contributed by atoms with van der Waals surface area (Å²) in [5.74, 6) is 1.06. The fraction of sp³-hybridized carbons (Fsp3) is 0.348. The Morgan fingerprint density at radius 1 is 1.19 bits per heavy atom. The monoisotopic (exact) mass is 486 g/mol. The number of piperidine rings is 1. The van der Waals surface area contributed by atoms with E-state index < -0.39 is 0 Å². The van der Waals surface area contributed by atoms with Gasteiger partial charge in [-0.1, -0.05) is 25.3 Å². The molecule has 2 aromatic rings. The number of aromatic nitrogens is 3. The van der Waals surface area contributed by atoms with Crippen molar-refractivity contribution < 1.29 is 14.3 Å². The maximum Gasteiger partial charge on any atom is 0.256 e. The van der Waals surface area contributed by atoms with E-state index >= 15 is 0 Å². The predicted octanol–water partition coefficient (Wildman–Crippen LogP) is 4.82. The number of benzene rings is 1. The van der Waals surface area contributed by atoms with Gasteiger partial charge in [0, 0.05) is 24.1 Å². The van der Waals surface area contributed by atoms with E-state index in [0.29, 0.717) is 34.0 Å². The van der Waals surface area contributed by atoms with Gasteiger partial charge in [-0.05, 0) is 54.8 Å². The zero-order chi connectivity index (χ0) is 22.5. The van der Waals surface area contributed by atoms with E-state index in [9.17, 15) is 4.79 Å². The van der Waals surface area contributed by atoms with E-state index in [1.165, 1.54) is 4.80 Å². The first-order valence-corrected chi connectivity index (χ1v) is 10.9. The number of amides is 1. The van der Waals surface area contributed by atoms with Gasteiger partial charge in [0.05, 0.1) is 30.8 Å². The van der Waals surface area contributed by atoms with Crippen molar-refractivity contribution >= 4 is 21.8 Å². The summed E-state index contributed by atoms with van der Waals surface area (Å²) in [6.07, 6.45) is 4.92. The van der Waals surface area contributed by atoms with Crippen LogP contribution in [0.3, 0.4) is 0 Å². The molecule has 3 rings (SSSR count). The predicted molar refractivity (Wildman–Crippen MR) is 123 cm³/mol. The highest BCUT2D eigenvalue weighted by Crippen LogP contribution is 2.32. The first-order chi connectivity index (χ1) is 14.8. The maximum atomic E-state index is 13.5. The van der Waals surface area contributed by atoms with Crippen molar-refractivity contribution in [3.8, 4) is 5.69 Å². The SMILES string of the molecule is C=C(OC)/C(C)=C(\Br)OC(=C)C1CC[C@@H](C)N(C(=O)c2ccccc2-n2nccn2)C1. The second-order valence-corrected chi connectivity index (χ2v) is 8.23. The number of methoxy groups -OCH3 is 1. The topological polar surface area (TPSA) is 69.5 Å². The van der Waals surface area contributed by atoms with Crippen LogP contribution in [0.5, 0.6) is 0 Å². The van der Waals surface area contributed by atoms with Crippen LogP contribution in [0.25, 0.3) is 5.69 Å². The Kier molecular flexibility index (Phi) is 7.33. The second-order valence-electron chi connectivity index (χ2n) is 7.51. The summed E-state index contributed by atoms with van der Waals surface area (Å²) in [6, 6.07) is 7.47. The number of ether oxygens (including phenoxy) is 2. The summed E-state index contributed by atoms with van der Waals surface area (Å²) >= 11 is 3.43. The van der Waals surface area contributed by atoms with Gasteiger partial charge >= 0.3 is 0 Å². The molecule has 1 fully saturated rings. The fourth-order valence-corrected chi connectivity index (χ4v) is 3.94. The van der Waals surface area contributed by atoms with Crippen molar-refractivity contribution in [3.05, 3.63) is 77.1 Å². The Labute approximate surface area is 191 Å². The zero-order valence-corrected chi connectivity index (χ0v) is 19.6. The van der Waals surface area contributed by atoms with Crippen LogP contribution in [0.2, 0.25) is 0 Å². The Morgan fingerprint density at radius 3 is 2.55 bits per heavy atom. The highest BCUT2D eigenvalue weighted by molar-refractivity contribution is 9.11. The molecular formula is C23H27BrN4O3. The van der Waals surface area contributed by atoms with Crippen LogP contribution < -0.4 is 0 Å². The summed E-state index contributed by atoms with van der Waals surface area (Å²) in [6.45, 7) is 12.4. The number of carbonyl (C=O) groups excluding carboxylic acids is 1. The molecule has 0 bridgehead atoms. The third-order valence-electron chi connectivity index (χ3n) is 5.55. The van der Waals surface area contributed by atoms with Crippen molar-refractivity contribution in [1.29, 1.82) is 0 Å². The highest BCUT2D eigenvalue weighted by Gasteiger charge is 2.33. The minimum Gasteiger partial charge on any atom is -0.497 e. The van der Waals surface area contributed by atoms with Crippen molar-refractivity contribution in [2.45, 2.75) is 32.7 Å². The minimum absolute atomic E-state index is 0.00583. The van der Waals surface area contributed by atoms with Gasteiger partial charge in [-0.3, -0.25) is 4.79 Å². The number of likely N-dealkylation sites (tertiary alicyclic amines) is 1. The molecule has 1 aromatic carbocycles. The zero-order valence-electron chi connectivity index (χ0n) is 18.0. The molecule has 0 saturated carbocycles. The van der Waals surface area contributed by atoms with Gasteiger partial charge in [-0.25, -0.2) is 0 Å². The van der Waals surface area contributed by atoms with E-state index in [1.807, 2.05) is 36.1 Å². The number of allylic oxidation sites excluding steroid dienone is 1. The van der Waals surface area contributed by atoms with Gasteiger partial charge in [0.2, 0.25) is 0 Å². The third-order valence-corrected chi connectivity index (χ3v) is 6.30. The van der Waals surface area contributed by atoms with Crippen molar-refractivity contribution in [1.82, 2.24) is 19.9 Å². The molecule has 1 aliphatic heterocycles. The van der Waals surface area contributed by atoms with E-state index in [4.69, 9.17) is 9.47 Å². The van der Waals surface area contributed by atoms with Crippen molar-refractivity contribution in [2.75, 3.05) is 13.7 Å². The van der Waals surface area contributed by atoms with Crippen LogP contribution in [0.4, 0.5) is 0 Å². The number of hydrogen-bond acceptors (Lipinski definition) is 5. The van der Waals surface area contributed by atoms with Crippen LogP contribution in [0.15, 0.2) is 71.6 Å². The number of nitrogens with zero attached hydrogens (tertiary/aromatic N) is 4. The fourth-order valence-electron chi connectivity index (χ4n) is 3.51. The molecule has 0 spiro atoms. The minimum atomic E-state index is -0.0588. The van der Waals surface area contributed by atoms with Gasteiger partial charge in [0.15, 0.2) is 4.67 Å². The van der Waals surface area contributed by atoms with Crippen LogP contribution in [0.1, 0.15) is 37.0 Å². The van der Waals surface area contributed by atoms with E-state index in [-0.39, 0.29) is 17.9 Å². The third kappa shape index (κ3) is 5.07. The Hall–Kier alpha value is -2.87. The Morgan fingerprint density at radius 2 is 1.87 bits per heavy atom. The lowest BCUT2D eigenvalue weighted by Gasteiger charge is -2.38. The van der Waals surface area contributed by atoms with Crippen LogP contribution in [-0.4, -0.2) is 45.5 Å².